The molecule has 0 aromatic heterocycles. The molecule has 1 amide bonds. The molecule has 0 aromatic rings. The highest BCUT2D eigenvalue weighted by Crippen LogP contribution is 2.23. The summed E-state index contributed by atoms with van der Waals surface area (Å²) in [6.07, 6.45) is 0.257. The molecular formula is C11H20N2O3. The highest BCUT2D eigenvalue weighted by atomic mass is 16.5. The molecule has 1 aliphatic rings. The normalized spacial score (nSPS) is 21.4. The molecule has 1 aliphatic heterocycles. The van der Waals surface area contributed by atoms with Gasteiger partial charge < -0.3 is 15.4 Å². The van der Waals surface area contributed by atoms with Crippen molar-refractivity contribution in [1.29, 1.82) is 0 Å². The van der Waals surface area contributed by atoms with Crippen LogP contribution in [0.5, 0.6) is 0 Å². The van der Waals surface area contributed by atoms with E-state index < -0.39 is 0 Å². The van der Waals surface area contributed by atoms with E-state index in [1.165, 1.54) is 7.11 Å². The van der Waals surface area contributed by atoms with Gasteiger partial charge in [0.05, 0.1) is 13.0 Å². The van der Waals surface area contributed by atoms with Gasteiger partial charge in [-0.25, -0.2) is 0 Å². The van der Waals surface area contributed by atoms with Crippen LogP contribution in [0.1, 0.15) is 20.3 Å². The quantitative estimate of drug-likeness (QED) is 0.687. The Kier molecular flexibility index (Phi) is 3.91. The molecule has 0 aromatic carbocycles. The first-order chi connectivity index (χ1) is 7.39. The number of methoxy groups -OCH3 is 1. The lowest BCUT2D eigenvalue weighted by Gasteiger charge is -2.28. The number of ether oxygens (including phenoxy) is 1. The number of carbonyl (C=O) groups excluding carboxylic acids is 2. The highest BCUT2D eigenvalue weighted by molar-refractivity contribution is 5.86. The van der Waals surface area contributed by atoms with Gasteiger partial charge in [-0.1, -0.05) is 13.8 Å². The number of amides is 1. The molecule has 92 valence electrons. The molecule has 5 nitrogen and oxygen atoms in total. The number of rotatable bonds is 4. The van der Waals surface area contributed by atoms with Crippen LogP contribution in [-0.2, 0) is 14.3 Å². The molecule has 1 fully saturated rings. The van der Waals surface area contributed by atoms with Crippen LogP contribution in [0.15, 0.2) is 0 Å². The van der Waals surface area contributed by atoms with E-state index in [-0.39, 0.29) is 29.6 Å². The monoisotopic (exact) mass is 228 g/mol. The standard InChI is InChI=1S/C11H20N2O3/c1-11(2,6-12)7-13-5-8(4-9(13)14)10(15)16-3/h8H,4-7,12H2,1-3H3. The van der Waals surface area contributed by atoms with Crippen molar-refractivity contribution in [3.63, 3.8) is 0 Å². The van der Waals surface area contributed by atoms with Gasteiger partial charge in [-0.3, -0.25) is 9.59 Å². The zero-order valence-corrected chi connectivity index (χ0v) is 10.2. The van der Waals surface area contributed by atoms with Crippen molar-refractivity contribution in [3.8, 4) is 0 Å². The number of nitrogens with two attached hydrogens (primary N) is 1. The number of carbonyl (C=O) groups is 2. The third kappa shape index (κ3) is 2.95. The van der Waals surface area contributed by atoms with Gasteiger partial charge in [0, 0.05) is 19.5 Å². The first-order valence-electron chi connectivity index (χ1n) is 5.45. The maximum absolute atomic E-state index is 11.7. The Balaban J connectivity index is 2.58. The zero-order valence-electron chi connectivity index (χ0n) is 10.2. The smallest absolute Gasteiger partial charge is 0.310 e. The van der Waals surface area contributed by atoms with Crippen molar-refractivity contribution >= 4 is 11.9 Å². The van der Waals surface area contributed by atoms with Gasteiger partial charge in [0.2, 0.25) is 5.91 Å². The summed E-state index contributed by atoms with van der Waals surface area (Å²) in [6, 6.07) is 0. The van der Waals surface area contributed by atoms with Crippen molar-refractivity contribution in [2.24, 2.45) is 17.1 Å². The number of nitrogens with zero attached hydrogens (tertiary/aromatic N) is 1. The lowest BCUT2D eigenvalue weighted by molar-refractivity contribution is -0.145. The van der Waals surface area contributed by atoms with Crippen molar-refractivity contribution in [2.75, 3.05) is 26.7 Å². The lowest BCUT2D eigenvalue weighted by Crippen LogP contribution is -2.39. The Hall–Kier alpha value is -1.10. The summed E-state index contributed by atoms with van der Waals surface area (Å²) in [5.41, 5.74) is 5.51. The van der Waals surface area contributed by atoms with Crippen LogP contribution < -0.4 is 5.73 Å². The van der Waals surface area contributed by atoms with Gasteiger partial charge in [0.25, 0.3) is 0 Å². The number of hydrogen-bond donors (Lipinski definition) is 1. The Morgan fingerprint density at radius 3 is 2.75 bits per heavy atom. The third-order valence-corrected chi connectivity index (χ3v) is 2.92. The Bertz CT molecular complexity index is 289. The summed E-state index contributed by atoms with van der Waals surface area (Å²) in [4.78, 5) is 24.7. The average molecular weight is 228 g/mol. The minimum absolute atomic E-state index is 0.0110. The molecule has 1 rings (SSSR count). The van der Waals surface area contributed by atoms with Crippen LogP contribution in [0.3, 0.4) is 0 Å². The summed E-state index contributed by atoms with van der Waals surface area (Å²) in [7, 11) is 1.35. The van der Waals surface area contributed by atoms with E-state index in [0.717, 1.165) is 0 Å². The Morgan fingerprint density at radius 1 is 1.62 bits per heavy atom. The maximum Gasteiger partial charge on any atom is 0.310 e. The van der Waals surface area contributed by atoms with Crippen LogP contribution in [0.2, 0.25) is 0 Å². The Morgan fingerprint density at radius 2 is 2.25 bits per heavy atom. The fourth-order valence-electron chi connectivity index (χ4n) is 1.83. The van der Waals surface area contributed by atoms with Crippen molar-refractivity contribution in [3.05, 3.63) is 0 Å². The highest BCUT2D eigenvalue weighted by Gasteiger charge is 2.37. The predicted octanol–water partition coefficient (Wildman–Crippen LogP) is -0.00720. The molecule has 1 unspecified atom stereocenters. The summed E-state index contributed by atoms with van der Waals surface area (Å²) < 4.78 is 4.64. The number of hydrogen-bond acceptors (Lipinski definition) is 4. The molecule has 0 bridgehead atoms. The van der Waals surface area contributed by atoms with Crippen LogP contribution in [-0.4, -0.2) is 43.5 Å². The zero-order chi connectivity index (χ0) is 12.3. The fraction of sp³-hybridized carbons (Fsp3) is 0.818. The second-order valence-electron chi connectivity index (χ2n) is 5.07. The summed E-state index contributed by atoms with van der Waals surface area (Å²) in [5, 5.41) is 0. The van der Waals surface area contributed by atoms with Gasteiger partial charge in [-0.15, -0.1) is 0 Å². The third-order valence-electron chi connectivity index (χ3n) is 2.92. The van der Waals surface area contributed by atoms with Crippen LogP contribution in [0.4, 0.5) is 0 Å². The number of esters is 1. The molecule has 2 N–H and O–H groups in total. The second-order valence-corrected chi connectivity index (χ2v) is 5.07. The van der Waals surface area contributed by atoms with E-state index in [1.807, 2.05) is 13.8 Å². The van der Waals surface area contributed by atoms with E-state index in [2.05, 4.69) is 4.74 Å². The molecule has 16 heavy (non-hydrogen) atoms. The minimum Gasteiger partial charge on any atom is -0.469 e. The van der Waals surface area contributed by atoms with E-state index in [4.69, 9.17) is 5.73 Å². The van der Waals surface area contributed by atoms with Gasteiger partial charge in [0.1, 0.15) is 0 Å². The summed E-state index contributed by atoms with van der Waals surface area (Å²) in [5.74, 6) is -0.607. The largest absolute Gasteiger partial charge is 0.469 e. The SMILES string of the molecule is COC(=O)C1CC(=O)N(CC(C)(C)CN)C1. The van der Waals surface area contributed by atoms with Crippen LogP contribution in [0.25, 0.3) is 0 Å². The lowest BCUT2D eigenvalue weighted by atomic mass is 9.93. The fourth-order valence-corrected chi connectivity index (χ4v) is 1.83. The van der Waals surface area contributed by atoms with E-state index >= 15 is 0 Å². The van der Waals surface area contributed by atoms with Gasteiger partial charge >= 0.3 is 5.97 Å². The second kappa shape index (κ2) is 4.82. The van der Waals surface area contributed by atoms with E-state index in [0.29, 0.717) is 19.6 Å². The molecule has 0 saturated carbocycles. The molecule has 0 radical (unpaired) electrons. The molecular weight excluding hydrogens is 208 g/mol. The van der Waals surface area contributed by atoms with Crippen molar-refractivity contribution < 1.29 is 14.3 Å². The van der Waals surface area contributed by atoms with E-state index in [1.54, 1.807) is 4.90 Å². The van der Waals surface area contributed by atoms with E-state index in [9.17, 15) is 9.59 Å². The van der Waals surface area contributed by atoms with Gasteiger partial charge in [0.15, 0.2) is 0 Å². The first kappa shape index (κ1) is 13.0. The maximum atomic E-state index is 11.7. The molecule has 1 saturated heterocycles. The molecule has 0 spiro atoms. The average Bonchev–Trinajstić information content (AvgIpc) is 2.58. The van der Waals surface area contributed by atoms with Crippen LogP contribution >= 0.6 is 0 Å². The summed E-state index contributed by atoms with van der Waals surface area (Å²) >= 11 is 0. The van der Waals surface area contributed by atoms with Crippen LogP contribution in [0, 0.1) is 11.3 Å². The minimum atomic E-state index is -0.314. The van der Waals surface area contributed by atoms with Gasteiger partial charge in [-0.05, 0) is 12.0 Å². The Labute approximate surface area is 95.9 Å². The van der Waals surface area contributed by atoms with Crippen molar-refractivity contribution in [2.45, 2.75) is 20.3 Å². The predicted molar refractivity (Wildman–Crippen MR) is 59.5 cm³/mol. The molecule has 5 heteroatoms. The molecule has 0 aliphatic carbocycles. The first-order valence-corrected chi connectivity index (χ1v) is 5.45. The molecule has 1 heterocycles. The number of likely N-dealkylation sites (tertiary alicyclic amines) is 1. The topological polar surface area (TPSA) is 72.6 Å². The molecule has 1 atom stereocenters. The van der Waals surface area contributed by atoms with Gasteiger partial charge in [-0.2, -0.15) is 0 Å². The summed E-state index contributed by atoms with van der Waals surface area (Å²) in [6.45, 7) is 5.57. The van der Waals surface area contributed by atoms with Crippen molar-refractivity contribution in [1.82, 2.24) is 4.90 Å².